The van der Waals surface area contributed by atoms with Gasteiger partial charge in [-0.25, -0.2) is 4.79 Å². The number of urea groups is 1. The molecule has 1 rings (SSSR count). The Balaban J connectivity index is 2.23. The van der Waals surface area contributed by atoms with Gasteiger partial charge in [0.2, 0.25) is 5.91 Å². The highest BCUT2D eigenvalue weighted by atomic mass is 16.4. The number of carbonyl (C=O) groups excluding carboxylic acids is 2. The minimum atomic E-state index is -0.850. The van der Waals surface area contributed by atoms with Crippen molar-refractivity contribution >= 4 is 17.9 Å². The molecule has 1 heterocycles. The molecule has 0 saturated carbocycles. The van der Waals surface area contributed by atoms with Gasteiger partial charge >= 0.3 is 12.0 Å². The second kappa shape index (κ2) is 5.51. The minimum Gasteiger partial charge on any atom is -0.481 e. The summed E-state index contributed by atoms with van der Waals surface area (Å²) in [6.07, 6.45) is 0.179. The van der Waals surface area contributed by atoms with E-state index in [0.717, 1.165) is 0 Å². The maximum absolute atomic E-state index is 11.6. The third-order valence-electron chi connectivity index (χ3n) is 2.58. The summed E-state index contributed by atoms with van der Waals surface area (Å²) in [4.78, 5) is 34.1. The van der Waals surface area contributed by atoms with Crippen LogP contribution in [0.1, 0.15) is 19.8 Å². The van der Waals surface area contributed by atoms with Crippen LogP contribution in [-0.2, 0) is 9.59 Å². The second-order valence-electron chi connectivity index (χ2n) is 4.39. The molecule has 1 aliphatic heterocycles. The Morgan fingerprint density at radius 2 is 2.06 bits per heavy atom. The van der Waals surface area contributed by atoms with Gasteiger partial charge in [0.25, 0.3) is 0 Å². The molecule has 17 heavy (non-hydrogen) atoms. The number of carboxylic acids is 1. The van der Waals surface area contributed by atoms with Gasteiger partial charge in [0.05, 0.1) is 6.42 Å². The van der Waals surface area contributed by atoms with Gasteiger partial charge in [-0.1, -0.05) is 0 Å². The SMILES string of the molecule is CC(CC(N)=O)NC(=O)N1CC(CC(=O)O)C1. The molecule has 96 valence electrons. The predicted octanol–water partition coefficient (Wildman–Crippen LogP) is -0.634. The molecular weight excluding hydrogens is 226 g/mol. The fourth-order valence-electron chi connectivity index (χ4n) is 1.77. The second-order valence-corrected chi connectivity index (χ2v) is 4.39. The van der Waals surface area contributed by atoms with E-state index in [0.29, 0.717) is 13.1 Å². The monoisotopic (exact) mass is 243 g/mol. The topological polar surface area (TPSA) is 113 Å². The Hall–Kier alpha value is -1.79. The van der Waals surface area contributed by atoms with Gasteiger partial charge in [0.1, 0.15) is 0 Å². The van der Waals surface area contributed by atoms with Crippen LogP contribution in [0.3, 0.4) is 0 Å². The molecule has 7 heteroatoms. The number of primary amides is 1. The van der Waals surface area contributed by atoms with Crippen molar-refractivity contribution in [3.8, 4) is 0 Å². The van der Waals surface area contributed by atoms with Crippen molar-refractivity contribution in [1.29, 1.82) is 0 Å². The van der Waals surface area contributed by atoms with E-state index in [1.807, 2.05) is 0 Å². The number of aliphatic carboxylic acids is 1. The zero-order valence-corrected chi connectivity index (χ0v) is 9.68. The van der Waals surface area contributed by atoms with E-state index in [1.165, 1.54) is 4.90 Å². The molecule has 0 aliphatic carbocycles. The number of hydrogen-bond acceptors (Lipinski definition) is 3. The summed E-state index contributed by atoms with van der Waals surface area (Å²) >= 11 is 0. The molecule has 1 fully saturated rings. The standard InChI is InChI=1S/C10H17N3O4/c1-6(2-8(11)14)12-10(17)13-4-7(5-13)3-9(15)16/h6-7H,2-5H2,1H3,(H2,11,14)(H,12,17)(H,15,16). The van der Waals surface area contributed by atoms with Crippen LogP contribution in [0.2, 0.25) is 0 Å². The number of amides is 3. The molecule has 7 nitrogen and oxygen atoms in total. The number of nitrogens with zero attached hydrogens (tertiary/aromatic N) is 1. The highest BCUT2D eigenvalue weighted by molar-refractivity contribution is 5.78. The van der Waals surface area contributed by atoms with Crippen LogP contribution in [-0.4, -0.2) is 47.0 Å². The molecule has 0 bridgehead atoms. The lowest BCUT2D eigenvalue weighted by Crippen LogP contribution is -2.55. The Labute approximate surface area is 98.9 Å². The van der Waals surface area contributed by atoms with Crippen LogP contribution < -0.4 is 11.1 Å². The minimum absolute atomic E-state index is 0.0321. The van der Waals surface area contributed by atoms with Crippen LogP contribution in [0.25, 0.3) is 0 Å². The van der Waals surface area contributed by atoms with E-state index in [4.69, 9.17) is 10.8 Å². The Bertz CT molecular complexity index is 326. The summed E-state index contributed by atoms with van der Waals surface area (Å²) in [5, 5.41) is 11.2. The molecule has 4 N–H and O–H groups in total. The lowest BCUT2D eigenvalue weighted by molar-refractivity contribution is -0.139. The van der Waals surface area contributed by atoms with Crippen molar-refractivity contribution in [1.82, 2.24) is 10.2 Å². The van der Waals surface area contributed by atoms with Crippen molar-refractivity contribution in [2.24, 2.45) is 11.7 Å². The summed E-state index contributed by atoms with van der Waals surface area (Å²) in [5.41, 5.74) is 5.00. The summed E-state index contributed by atoms with van der Waals surface area (Å²) in [7, 11) is 0. The average molecular weight is 243 g/mol. The summed E-state index contributed by atoms with van der Waals surface area (Å²) < 4.78 is 0. The van der Waals surface area contributed by atoms with Gasteiger partial charge in [0, 0.05) is 31.5 Å². The number of likely N-dealkylation sites (tertiary alicyclic amines) is 1. The molecule has 0 spiro atoms. The molecule has 1 aliphatic rings. The lowest BCUT2D eigenvalue weighted by Gasteiger charge is -2.39. The third kappa shape index (κ3) is 4.29. The number of nitrogens with two attached hydrogens (primary N) is 1. The van der Waals surface area contributed by atoms with Crippen LogP contribution >= 0.6 is 0 Å². The van der Waals surface area contributed by atoms with E-state index >= 15 is 0 Å². The normalized spacial score (nSPS) is 17.1. The van der Waals surface area contributed by atoms with E-state index < -0.39 is 11.9 Å². The zero-order chi connectivity index (χ0) is 13.0. The molecule has 1 saturated heterocycles. The predicted molar refractivity (Wildman–Crippen MR) is 59.1 cm³/mol. The number of nitrogens with one attached hydrogen (secondary N) is 1. The molecule has 0 radical (unpaired) electrons. The van der Waals surface area contributed by atoms with Gasteiger partial charge in [-0.3, -0.25) is 9.59 Å². The highest BCUT2D eigenvalue weighted by Crippen LogP contribution is 2.18. The summed E-state index contributed by atoms with van der Waals surface area (Å²) in [5.74, 6) is -1.29. The molecular formula is C10H17N3O4. The summed E-state index contributed by atoms with van der Waals surface area (Å²) in [6, 6.07) is -0.584. The van der Waals surface area contributed by atoms with Crippen molar-refractivity contribution < 1.29 is 19.5 Å². The van der Waals surface area contributed by atoms with Gasteiger partial charge in [-0.2, -0.15) is 0 Å². The molecule has 1 unspecified atom stereocenters. The van der Waals surface area contributed by atoms with Gasteiger partial charge in [-0.05, 0) is 6.92 Å². The first-order chi connectivity index (χ1) is 7.88. The van der Waals surface area contributed by atoms with Crippen LogP contribution in [0.4, 0.5) is 4.79 Å². The summed E-state index contributed by atoms with van der Waals surface area (Å²) in [6.45, 7) is 2.58. The van der Waals surface area contributed by atoms with Crippen molar-refractivity contribution in [2.45, 2.75) is 25.8 Å². The zero-order valence-electron chi connectivity index (χ0n) is 9.68. The average Bonchev–Trinajstić information content (AvgIpc) is 2.07. The molecule has 0 aromatic heterocycles. The Morgan fingerprint density at radius 1 is 1.47 bits per heavy atom. The molecule has 1 atom stereocenters. The Morgan fingerprint density at radius 3 is 2.53 bits per heavy atom. The quantitative estimate of drug-likeness (QED) is 0.596. The van der Waals surface area contributed by atoms with Crippen LogP contribution in [0.15, 0.2) is 0 Å². The maximum atomic E-state index is 11.6. The fourth-order valence-corrected chi connectivity index (χ4v) is 1.77. The smallest absolute Gasteiger partial charge is 0.317 e. The first kappa shape index (κ1) is 13.3. The largest absolute Gasteiger partial charge is 0.481 e. The number of carbonyl (C=O) groups is 3. The highest BCUT2D eigenvalue weighted by Gasteiger charge is 2.32. The molecule has 0 aromatic rings. The number of rotatable bonds is 5. The van der Waals surface area contributed by atoms with Gasteiger partial charge in [-0.15, -0.1) is 0 Å². The maximum Gasteiger partial charge on any atom is 0.317 e. The number of carboxylic acid groups (broad SMARTS) is 1. The lowest BCUT2D eigenvalue weighted by atomic mass is 9.97. The molecule has 3 amide bonds. The van der Waals surface area contributed by atoms with Crippen molar-refractivity contribution in [2.75, 3.05) is 13.1 Å². The van der Waals surface area contributed by atoms with Crippen LogP contribution in [0.5, 0.6) is 0 Å². The Kier molecular flexibility index (Phi) is 4.30. The van der Waals surface area contributed by atoms with E-state index in [9.17, 15) is 14.4 Å². The number of hydrogen-bond donors (Lipinski definition) is 3. The fraction of sp³-hybridized carbons (Fsp3) is 0.700. The van der Waals surface area contributed by atoms with Crippen molar-refractivity contribution in [3.05, 3.63) is 0 Å². The first-order valence-electron chi connectivity index (χ1n) is 5.44. The van der Waals surface area contributed by atoms with Crippen molar-refractivity contribution in [3.63, 3.8) is 0 Å². The van der Waals surface area contributed by atoms with E-state index in [-0.39, 0.29) is 30.8 Å². The van der Waals surface area contributed by atoms with E-state index in [2.05, 4.69) is 5.32 Å². The van der Waals surface area contributed by atoms with Gasteiger partial charge < -0.3 is 21.1 Å². The van der Waals surface area contributed by atoms with Crippen LogP contribution in [0, 0.1) is 5.92 Å². The van der Waals surface area contributed by atoms with Gasteiger partial charge in [0.15, 0.2) is 0 Å². The first-order valence-corrected chi connectivity index (χ1v) is 5.44. The van der Waals surface area contributed by atoms with E-state index in [1.54, 1.807) is 6.92 Å². The third-order valence-corrected chi connectivity index (χ3v) is 2.58. The molecule has 0 aromatic carbocycles.